The van der Waals surface area contributed by atoms with Gasteiger partial charge in [0.05, 0.1) is 6.61 Å². The van der Waals surface area contributed by atoms with Crippen LogP contribution in [0.2, 0.25) is 0 Å². The van der Waals surface area contributed by atoms with Gasteiger partial charge in [-0.25, -0.2) is 5.84 Å². The second kappa shape index (κ2) is 7.85. The molecule has 3 N–H and O–H groups in total. The first-order valence-corrected chi connectivity index (χ1v) is 6.48. The van der Waals surface area contributed by atoms with E-state index in [2.05, 4.69) is 20.4 Å². The van der Waals surface area contributed by atoms with Gasteiger partial charge in [-0.1, -0.05) is 18.2 Å². The maximum absolute atomic E-state index is 5.49. The number of nitrogens with zero attached hydrogens (tertiary/aromatic N) is 3. The molecular formula is C13H17N5O3. The summed E-state index contributed by atoms with van der Waals surface area (Å²) in [5, 5.41) is 0. The molecule has 0 aliphatic heterocycles. The standard InChI is InChI=1S/C13H17N5O3/c1-2-19-12-15-11(18-14)16-13(17-12)21-9-8-20-10-6-4-3-5-7-10/h3-7H,2,8-9,14H2,1H3,(H,15,16,17,18). The molecular weight excluding hydrogens is 274 g/mol. The van der Waals surface area contributed by atoms with Crippen molar-refractivity contribution in [2.24, 2.45) is 5.84 Å². The maximum atomic E-state index is 5.49. The number of para-hydroxylation sites is 1. The number of hydrogen-bond acceptors (Lipinski definition) is 8. The van der Waals surface area contributed by atoms with Crippen molar-refractivity contribution in [3.8, 4) is 17.8 Å². The molecule has 0 aliphatic rings. The van der Waals surface area contributed by atoms with Crippen molar-refractivity contribution in [1.29, 1.82) is 0 Å². The molecule has 21 heavy (non-hydrogen) atoms. The lowest BCUT2D eigenvalue weighted by Crippen LogP contribution is -2.15. The zero-order valence-corrected chi connectivity index (χ0v) is 11.7. The van der Waals surface area contributed by atoms with Gasteiger partial charge < -0.3 is 14.2 Å². The summed E-state index contributed by atoms with van der Waals surface area (Å²) in [6, 6.07) is 9.73. The van der Waals surface area contributed by atoms with E-state index in [1.165, 1.54) is 0 Å². The molecule has 0 fully saturated rings. The van der Waals surface area contributed by atoms with Crippen LogP contribution in [-0.4, -0.2) is 34.8 Å². The number of rotatable bonds is 8. The minimum Gasteiger partial charge on any atom is -0.490 e. The quantitative estimate of drug-likeness (QED) is 0.422. The van der Waals surface area contributed by atoms with Crippen LogP contribution in [0.25, 0.3) is 0 Å². The van der Waals surface area contributed by atoms with Crippen LogP contribution in [0.1, 0.15) is 6.92 Å². The molecule has 1 heterocycles. The van der Waals surface area contributed by atoms with Crippen molar-refractivity contribution in [2.45, 2.75) is 6.92 Å². The van der Waals surface area contributed by atoms with E-state index in [1.54, 1.807) is 0 Å². The van der Waals surface area contributed by atoms with Crippen molar-refractivity contribution in [3.63, 3.8) is 0 Å². The molecule has 0 aliphatic carbocycles. The Bertz CT molecular complexity index is 553. The third-order valence-corrected chi connectivity index (χ3v) is 2.32. The maximum Gasteiger partial charge on any atom is 0.324 e. The predicted molar refractivity (Wildman–Crippen MR) is 76.2 cm³/mol. The summed E-state index contributed by atoms with van der Waals surface area (Å²) >= 11 is 0. The number of nitrogens with two attached hydrogens (primary N) is 1. The van der Waals surface area contributed by atoms with Crippen LogP contribution in [0.3, 0.4) is 0 Å². The molecule has 112 valence electrons. The molecule has 0 atom stereocenters. The number of nitrogen functional groups attached to an aromatic ring is 1. The Morgan fingerprint density at radius 1 is 0.952 bits per heavy atom. The summed E-state index contributed by atoms with van der Waals surface area (Å²) < 4.78 is 16.1. The molecule has 0 radical (unpaired) electrons. The lowest BCUT2D eigenvalue weighted by molar-refractivity contribution is 0.202. The highest BCUT2D eigenvalue weighted by atomic mass is 16.5. The Morgan fingerprint density at radius 2 is 1.62 bits per heavy atom. The third kappa shape index (κ3) is 4.77. The SMILES string of the molecule is CCOc1nc(NN)nc(OCCOc2ccccc2)n1. The molecule has 8 heteroatoms. The lowest BCUT2D eigenvalue weighted by atomic mass is 10.3. The molecule has 0 saturated heterocycles. The Labute approximate surface area is 122 Å². The van der Waals surface area contributed by atoms with Gasteiger partial charge in [-0.2, -0.15) is 9.97 Å². The van der Waals surface area contributed by atoms with E-state index in [4.69, 9.17) is 20.1 Å². The molecule has 2 rings (SSSR count). The van der Waals surface area contributed by atoms with Crippen LogP contribution in [-0.2, 0) is 0 Å². The van der Waals surface area contributed by atoms with Crippen LogP contribution in [0.4, 0.5) is 5.95 Å². The third-order valence-electron chi connectivity index (χ3n) is 2.32. The summed E-state index contributed by atoms with van der Waals surface area (Å²) in [6.07, 6.45) is 0. The largest absolute Gasteiger partial charge is 0.490 e. The van der Waals surface area contributed by atoms with Crippen LogP contribution >= 0.6 is 0 Å². The highest BCUT2D eigenvalue weighted by molar-refractivity contribution is 5.25. The average Bonchev–Trinajstić information content (AvgIpc) is 2.53. The summed E-state index contributed by atoms with van der Waals surface area (Å²) in [5.41, 5.74) is 2.33. The highest BCUT2D eigenvalue weighted by Crippen LogP contribution is 2.12. The van der Waals surface area contributed by atoms with Gasteiger partial charge in [-0.15, -0.1) is 4.98 Å². The Morgan fingerprint density at radius 3 is 2.29 bits per heavy atom. The first kappa shape index (κ1) is 14.8. The van der Waals surface area contributed by atoms with Crippen LogP contribution < -0.4 is 25.5 Å². The second-order valence-electron chi connectivity index (χ2n) is 3.81. The van der Waals surface area contributed by atoms with Gasteiger partial charge in [0.25, 0.3) is 0 Å². The smallest absolute Gasteiger partial charge is 0.324 e. The molecule has 0 unspecified atom stereocenters. The fourth-order valence-corrected chi connectivity index (χ4v) is 1.47. The fraction of sp³-hybridized carbons (Fsp3) is 0.308. The number of hydrazine groups is 1. The van der Waals surface area contributed by atoms with E-state index in [1.807, 2.05) is 37.3 Å². The number of ether oxygens (including phenoxy) is 3. The van der Waals surface area contributed by atoms with Gasteiger partial charge in [0.2, 0.25) is 5.95 Å². The zero-order valence-electron chi connectivity index (χ0n) is 11.7. The van der Waals surface area contributed by atoms with Gasteiger partial charge in [0.15, 0.2) is 0 Å². The Hall–Kier alpha value is -2.61. The van der Waals surface area contributed by atoms with Crippen molar-refractivity contribution in [3.05, 3.63) is 30.3 Å². The molecule has 1 aromatic carbocycles. The van der Waals surface area contributed by atoms with E-state index < -0.39 is 0 Å². The number of hydrogen-bond donors (Lipinski definition) is 2. The van der Waals surface area contributed by atoms with Gasteiger partial charge in [0.1, 0.15) is 19.0 Å². The van der Waals surface area contributed by atoms with Crippen LogP contribution in [0, 0.1) is 0 Å². The first-order chi connectivity index (χ1) is 10.3. The van der Waals surface area contributed by atoms with E-state index in [9.17, 15) is 0 Å². The van der Waals surface area contributed by atoms with Gasteiger partial charge in [-0.3, -0.25) is 5.43 Å². The zero-order chi connectivity index (χ0) is 14.9. The molecule has 0 bridgehead atoms. The normalized spacial score (nSPS) is 10.0. The van der Waals surface area contributed by atoms with Crippen LogP contribution in [0.15, 0.2) is 30.3 Å². The van der Waals surface area contributed by atoms with E-state index >= 15 is 0 Å². The van der Waals surface area contributed by atoms with Crippen LogP contribution in [0.5, 0.6) is 17.8 Å². The van der Waals surface area contributed by atoms with Crippen molar-refractivity contribution in [1.82, 2.24) is 15.0 Å². The van der Waals surface area contributed by atoms with Gasteiger partial charge >= 0.3 is 12.0 Å². The minimum atomic E-state index is 0.123. The molecule has 0 amide bonds. The minimum absolute atomic E-state index is 0.123. The van der Waals surface area contributed by atoms with Gasteiger partial charge in [-0.05, 0) is 19.1 Å². The number of nitrogens with one attached hydrogen (secondary N) is 1. The average molecular weight is 291 g/mol. The number of aromatic nitrogens is 3. The molecule has 0 saturated carbocycles. The fourth-order valence-electron chi connectivity index (χ4n) is 1.47. The molecule has 2 aromatic rings. The van der Waals surface area contributed by atoms with E-state index in [-0.39, 0.29) is 24.6 Å². The topological polar surface area (TPSA) is 104 Å². The van der Waals surface area contributed by atoms with E-state index in [0.717, 1.165) is 5.75 Å². The Kier molecular flexibility index (Phi) is 5.53. The second-order valence-corrected chi connectivity index (χ2v) is 3.81. The van der Waals surface area contributed by atoms with Crippen molar-refractivity contribution >= 4 is 5.95 Å². The summed E-state index contributed by atoms with van der Waals surface area (Å²) in [6.45, 7) is 2.91. The first-order valence-electron chi connectivity index (χ1n) is 6.48. The number of benzene rings is 1. The molecule has 1 aromatic heterocycles. The molecule has 8 nitrogen and oxygen atoms in total. The van der Waals surface area contributed by atoms with Gasteiger partial charge in [0, 0.05) is 0 Å². The Balaban J connectivity index is 1.86. The van der Waals surface area contributed by atoms with Crippen molar-refractivity contribution in [2.75, 3.05) is 25.2 Å². The summed E-state index contributed by atoms with van der Waals surface area (Å²) in [4.78, 5) is 11.9. The number of anilines is 1. The van der Waals surface area contributed by atoms with Crippen molar-refractivity contribution < 1.29 is 14.2 Å². The summed E-state index contributed by atoms with van der Waals surface area (Å²) in [5.74, 6) is 6.22. The highest BCUT2D eigenvalue weighted by Gasteiger charge is 2.07. The molecule has 0 spiro atoms. The van der Waals surface area contributed by atoms with E-state index in [0.29, 0.717) is 13.2 Å². The monoisotopic (exact) mass is 291 g/mol. The summed E-state index contributed by atoms with van der Waals surface area (Å²) in [7, 11) is 0. The lowest BCUT2D eigenvalue weighted by Gasteiger charge is -2.09. The predicted octanol–water partition coefficient (Wildman–Crippen LogP) is 1.01.